The molecule has 4 heteroatoms. The van der Waals surface area contributed by atoms with Crippen molar-refractivity contribution in [3.05, 3.63) is 0 Å². The Morgan fingerprint density at radius 2 is 1.61 bits per heavy atom. The number of carbonyl (C=O) groups is 1. The van der Waals surface area contributed by atoms with Gasteiger partial charge in [0.15, 0.2) is 0 Å². The van der Waals surface area contributed by atoms with Gasteiger partial charge in [-0.2, -0.15) is 0 Å². The van der Waals surface area contributed by atoms with Gasteiger partial charge in [0.1, 0.15) is 0 Å². The molecule has 0 aliphatic heterocycles. The quantitative estimate of drug-likeness (QED) is 0.425. The highest BCUT2D eigenvalue weighted by Gasteiger charge is 2.08. The van der Waals surface area contributed by atoms with Crippen LogP contribution in [0.2, 0.25) is 0 Å². The lowest BCUT2D eigenvalue weighted by Crippen LogP contribution is -2.29. The maximum atomic E-state index is 11.7. The van der Waals surface area contributed by atoms with E-state index in [-0.39, 0.29) is 12.0 Å². The predicted molar refractivity (Wildman–Crippen MR) is 98.6 cm³/mol. The van der Waals surface area contributed by atoms with Crippen molar-refractivity contribution in [2.75, 3.05) is 26.7 Å². The van der Waals surface area contributed by atoms with Gasteiger partial charge < -0.3 is 15.3 Å². The minimum Gasteiger partial charge on any atom is -0.393 e. The second-order valence-corrected chi connectivity index (χ2v) is 6.76. The molecule has 1 atom stereocenters. The fraction of sp³-hybridized carbons (Fsp3) is 0.947. The van der Waals surface area contributed by atoms with Crippen molar-refractivity contribution in [3.8, 4) is 0 Å². The van der Waals surface area contributed by atoms with Crippen LogP contribution in [0.25, 0.3) is 0 Å². The summed E-state index contributed by atoms with van der Waals surface area (Å²) in [4.78, 5) is 14.1. The monoisotopic (exact) mass is 328 g/mol. The molecular weight excluding hydrogens is 288 g/mol. The van der Waals surface area contributed by atoms with E-state index in [9.17, 15) is 9.90 Å². The molecule has 0 saturated heterocycles. The summed E-state index contributed by atoms with van der Waals surface area (Å²) in [5.41, 5.74) is 0. The van der Waals surface area contributed by atoms with Crippen molar-refractivity contribution >= 4 is 5.91 Å². The molecule has 4 nitrogen and oxygen atoms in total. The number of aliphatic hydroxyl groups excluding tert-OH is 1. The largest absolute Gasteiger partial charge is 0.393 e. The first-order valence-electron chi connectivity index (χ1n) is 9.73. The van der Waals surface area contributed by atoms with Crippen LogP contribution < -0.4 is 5.32 Å². The number of nitrogens with one attached hydrogen (secondary N) is 1. The van der Waals surface area contributed by atoms with Crippen LogP contribution in [0.15, 0.2) is 0 Å². The Kier molecular flexibility index (Phi) is 15.8. The maximum Gasteiger partial charge on any atom is 0.220 e. The smallest absolute Gasteiger partial charge is 0.220 e. The van der Waals surface area contributed by atoms with E-state index in [2.05, 4.69) is 31.1 Å². The van der Waals surface area contributed by atoms with Crippen LogP contribution in [0.1, 0.15) is 84.5 Å². The second kappa shape index (κ2) is 16.3. The van der Waals surface area contributed by atoms with E-state index >= 15 is 0 Å². The van der Waals surface area contributed by atoms with Gasteiger partial charge in [0, 0.05) is 13.0 Å². The number of amides is 1. The third-order valence-electron chi connectivity index (χ3n) is 4.28. The Hall–Kier alpha value is -0.610. The predicted octanol–water partition coefficient (Wildman–Crippen LogP) is 3.73. The molecule has 0 aromatic rings. The van der Waals surface area contributed by atoms with Crippen LogP contribution in [0.4, 0.5) is 0 Å². The summed E-state index contributed by atoms with van der Waals surface area (Å²) in [6, 6.07) is 0. The van der Waals surface area contributed by atoms with Crippen LogP contribution in [-0.2, 0) is 4.79 Å². The highest BCUT2D eigenvalue weighted by molar-refractivity contribution is 5.75. The molecule has 0 spiro atoms. The van der Waals surface area contributed by atoms with E-state index in [1.165, 1.54) is 38.5 Å². The molecule has 0 aliphatic carbocycles. The molecule has 0 aliphatic rings. The van der Waals surface area contributed by atoms with Gasteiger partial charge in [-0.15, -0.1) is 0 Å². The molecule has 23 heavy (non-hydrogen) atoms. The average Bonchev–Trinajstić information content (AvgIpc) is 2.54. The molecule has 0 fully saturated rings. The third kappa shape index (κ3) is 16.0. The highest BCUT2D eigenvalue weighted by Crippen LogP contribution is 2.10. The fourth-order valence-corrected chi connectivity index (χ4v) is 2.63. The van der Waals surface area contributed by atoms with Gasteiger partial charge in [-0.1, -0.05) is 52.4 Å². The number of unbranched alkanes of at least 4 members (excludes halogenated alkanes) is 5. The minimum absolute atomic E-state index is 0.0752. The molecule has 0 rings (SSSR count). The van der Waals surface area contributed by atoms with Crippen molar-refractivity contribution in [2.45, 2.75) is 90.6 Å². The van der Waals surface area contributed by atoms with Crippen LogP contribution in [0.3, 0.4) is 0 Å². The van der Waals surface area contributed by atoms with E-state index < -0.39 is 0 Å². The zero-order valence-electron chi connectivity index (χ0n) is 15.8. The topological polar surface area (TPSA) is 52.6 Å². The Balaban J connectivity index is 3.45. The number of hydrogen-bond donors (Lipinski definition) is 2. The van der Waals surface area contributed by atoms with Crippen molar-refractivity contribution in [2.24, 2.45) is 0 Å². The van der Waals surface area contributed by atoms with E-state index in [1.54, 1.807) is 0 Å². The lowest BCUT2D eigenvalue weighted by atomic mass is 10.0. The van der Waals surface area contributed by atoms with Crippen molar-refractivity contribution in [1.82, 2.24) is 10.2 Å². The third-order valence-corrected chi connectivity index (χ3v) is 4.28. The van der Waals surface area contributed by atoms with Gasteiger partial charge in [-0.05, 0) is 45.8 Å². The summed E-state index contributed by atoms with van der Waals surface area (Å²) in [6.07, 6.45) is 11.1. The second-order valence-electron chi connectivity index (χ2n) is 6.76. The molecule has 0 aromatic carbocycles. The SMILES string of the molecule is CCCCCCCC(O)CCC(=O)NCCCN(C)CCCC. The number of aliphatic hydroxyl groups is 1. The highest BCUT2D eigenvalue weighted by atomic mass is 16.3. The summed E-state index contributed by atoms with van der Waals surface area (Å²) in [5.74, 6) is 0.0752. The molecule has 0 saturated carbocycles. The molecule has 0 bridgehead atoms. The van der Waals surface area contributed by atoms with Crippen LogP contribution >= 0.6 is 0 Å². The fourth-order valence-electron chi connectivity index (χ4n) is 2.63. The summed E-state index contributed by atoms with van der Waals surface area (Å²) >= 11 is 0. The van der Waals surface area contributed by atoms with Gasteiger partial charge in [0.25, 0.3) is 0 Å². The van der Waals surface area contributed by atoms with Gasteiger partial charge in [-0.25, -0.2) is 0 Å². The van der Waals surface area contributed by atoms with Crippen LogP contribution in [0.5, 0.6) is 0 Å². The average molecular weight is 329 g/mol. The molecule has 1 unspecified atom stereocenters. The first-order valence-corrected chi connectivity index (χ1v) is 9.73. The van der Waals surface area contributed by atoms with E-state index in [0.717, 1.165) is 38.9 Å². The lowest BCUT2D eigenvalue weighted by Gasteiger charge is -2.16. The maximum absolute atomic E-state index is 11.7. The number of hydrogen-bond acceptors (Lipinski definition) is 3. The number of rotatable bonds is 16. The Morgan fingerprint density at radius 3 is 2.30 bits per heavy atom. The summed E-state index contributed by atoms with van der Waals surface area (Å²) < 4.78 is 0. The molecular formula is C19H40N2O2. The van der Waals surface area contributed by atoms with Gasteiger partial charge in [0.05, 0.1) is 6.10 Å². The number of carbonyl (C=O) groups excluding carboxylic acids is 1. The molecule has 0 heterocycles. The summed E-state index contributed by atoms with van der Waals surface area (Å²) in [7, 11) is 2.13. The zero-order chi connectivity index (χ0) is 17.3. The standard InChI is InChI=1S/C19H40N2O2/c1-4-6-8-9-10-12-18(22)13-14-19(23)20-15-11-17-21(3)16-7-5-2/h18,22H,4-17H2,1-3H3,(H,20,23). The lowest BCUT2D eigenvalue weighted by molar-refractivity contribution is -0.121. The molecule has 0 radical (unpaired) electrons. The molecule has 0 aromatic heterocycles. The molecule has 2 N–H and O–H groups in total. The van der Waals surface area contributed by atoms with Crippen molar-refractivity contribution in [3.63, 3.8) is 0 Å². The summed E-state index contributed by atoms with van der Waals surface area (Å²) in [6.45, 7) is 7.31. The van der Waals surface area contributed by atoms with Crippen LogP contribution in [-0.4, -0.2) is 48.7 Å². The normalized spacial score (nSPS) is 12.6. The molecule has 1 amide bonds. The molecule has 138 valence electrons. The Morgan fingerprint density at radius 1 is 0.957 bits per heavy atom. The number of nitrogens with zero attached hydrogens (tertiary/aromatic N) is 1. The van der Waals surface area contributed by atoms with Crippen molar-refractivity contribution in [1.29, 1.82) is 0 Å². The first kappa shape index (κ1) is 22.4. The van der Waals surface area contributed by atoms with E-state index in [1.807, 2.05) is 0 Å². The van der Waals surface area contributed by atoms with Gasteiger partial charge in [0.2, 0.25) is 5.91 Å². The van der Waals surface area contributed by atoms with Gasteiger partial charge >= 0.3 is 0 Å². The van der Waals surface area contributed by atoms with E-state index in [0.29, 0.717) is 12.8 Å². The van der Waals surface area contributed by atoms with Crippen LogP contribution in [0, 0.1) is 0 Å². The summed E-state index contributed by atoms with van der Waals surface area (Å²) in [5, 5.41) is 12.9. The Bertz CT molecular complexity index is 272. The van der Waals surface area contributed by atoms with E-state index in [4.69, 9.17) is 0 Å². The minimum atomic E-state index is -0.317. The zero-order valence-corrected chi connectivity index (χ0v) is 15.8. The first-order chi connectivity index (χ1) is 11.1. The van der Waals surface area contributed by atoms with Crippen molar-refractivity contribution < 1.29 is 9.90 Å². The van der Waals surface area contributed by atoms with Gasteiger partial charge in [-0.3, -0.25) is 4.79 Å². The Labute approximate surface area is 144 Å².